The smallest absolute Gasteiger partial charge is 0.212 e. The number of hydrogen-bond donors (Lipinski definition) is 1. The lowest BCUT2D eigenvalue weighted by atomic mass is 10.2. The van der Waals surface area contributed by atoms with E-state index in [1.807, 2.05) is 12.1 Å². The highest BCUT2D eigenvalue weighted by molar-refractivity contribution is 5.82. The van der Waals surface area contributed by atoms with Crippen molar-refractivity contribution in [2.45, 2.75) is 25.3 Å². The Morgan fingerprint density at radius 1 is 1.60 bits per heavy atom. The van der Waals surface area contributed by atoms with Crippen molar-refractivity contribution < 1.29 is 4.74 Å². The molecule has 1 aromatic heterocycles. The molecular weight excluding hydrogens is 190 g/mol. The van der Waals surface area contributed by atoms with Crippen LogP contribution in [-0.4, -0.2) is 24.0 Å². The summed E-state index contributed by atoms with van der Waals surface area (Å²) in [5, 5.41) is 0. The summed E-state index contributed by atoms with van der Waals surface area (Å²) in [6.07, 6.45) is 4.81. The molecule has 0 aromatic carbocycles. The first-order valence-corrected chi connectivity index (χ1v) is 5.09. The van der Waals surface area contributed by atoms with Gasteiger partial charge in [0.15, 0.2) is 0 Å². The quantitative estimate of drug-likeness (QED) is 0.592. The van der Waals surface area contributed by atoms with Gasteiger partial charge in [-0.25, -0.2) is 4.98 Å². The normalized spacial score (nSPS) is 16.5. The Kier molecular flexibility index (Phi) is 2.85. The molecule has 4 heteroatoms. The minimum absolute atomic E-state index is 0.483. The van der Waals surface area contributed by atoms with Crippen molar-refractivity contribution in [2.75, 3.05) is 7.11 Å². The number of pyridine rings is 1. The van der Waals surface area contributed by atoms with Gasteiger partial charge in [0, 0.05) is 18.7 Å². The molecule has 0 aliphatic heterocycles. The summed E-state index contributed by atoms with van der Waals surface area (Å²) in [7, 11) is 1.60. The highest BCUT2D eigenvalue weighted by atomic mass is 16.5. The molecular formula is C11H15N3O. The maximum absolute atomic E-state index is 5.81. The summed E-state index contributed by atoms with van der Waals surface area (Å²) in [5.74, 6) is 1.32. The van der Waals surface area contributed by atoms with Crippen LogP contribution in [0.3, 0.4) is 0 Å². The molecule has 1 fully saturated rings. The van der Waals surface area contributed by atoms with Crippen molar-refractivity contribution in [3.05, 3.63) is 23.9 Å². The predicted molar refractivity (Wildman–Crippen MR) is 59.1 cm³/mol. The van der Waals surface area contributed by atoms with E-state index in [2.05, 4.69) is 9.98 Å². The molecule has 0 radical (unpaired) electrons. The highest BCUT2D eigenvalue weighted by Crippen LogP contribution is 2.23. The van der Waals surface area contributed by atoms with Gasteiger partial charge < -0.3 is 10.5 Å². The van der Waals surface area contributed by atoms with Crippen LogP contribution in [0.1, 0.15) is 18.4 Å². The summed E-state index contributed by atoms with van der Waals surface area (Å²) in [6, 6.07) is 4.28. The zero-order valence-electron chi connectivity index (χ0n) is 8.81. The molecule has 0 unspecified atom stereocenters. The molecule has 15 heavy (non-hydrogen) atoms. The van der Waals surface area contributed by atoms with E-state index in [4.69, 9.17) is 10.5 Å². The van der Waals surface area contributed by atoms with Crippen LogP contribution in [0.25, 0.3) is 0 Å². The highest BCUT2D eigenvalue weighted by Gasteiger charge is 2.20. The minimum Gasteiger partial charge on any atom is -0.481 e. The van der Waals surface area contributed by atoms with Crippen LogP contribution in [-0.2, 0) is 6.42 Å². The standard InChI is InChI=1S/C11H15N3O/c1-15-11-5-2-8(7-13-11)6-10(12)14-9-3-4-9/h2,5,7,9H,3-4,6H2,1H3,(H2,12,14). The molecule has 2 N–H and O–H groups in total. The molecule has 0 atom stereocenters. The summed E-state index contributed by atoms with van der Waals surface area (Å²) in [4.78, 5) is 8.47. The van der Waals surface area contributed by atoms with Crippen LogP contribution >= 0.6 is 0 Å². The number of amidine groups is 1. The first-order chi connectivity index (χ1) is 7.28. The first-order valence-electron chi connectivity index (χ1n) is 5.09. The second kappa shape index (κ2) is 4.29. The van der Waals surface area contributed by atoms with Gasteiger partial charge in [-0.1, -0.05) is 6.07 Å². The molecule has 0 amide bonds. The minimum atomic E-state index is 0.483. The third-order valence-corrected chi connectivity index (χ3v) is 2.29. The lowest BCUT2D eigenvalue weighted by Crippen LogP contribution is -2.15. The second-order valence-corrected chi connectivity index (χ2v) is 3.74. The summed E-state index contributed by atoms with van der Waals surface area (Å²) >= 11 is 0. The molecule has 1 aliphatic rings. The van der Waals surface area contributed by atoms with E-state index in [-0.39, 0.29) is 0 Å². The second-order valence-electron chi connectivity index (χ2n) is 3.74. The zero-order valence-corrected chi connectivity index (χ0v) is 8.81. The largest absolute Gasteiger partial charge is 0.481 e. The Balaban J connectivity index is 1.97. The number of methoxy groups -OCH3 is 1. The monoisotopic (exact) mass is 205 g/mol. The molecule has 0 spiro atoms. The van der Waals surface area contributed by atoms with Crippen molar-refractivity contribution in [1.82, 2.24) is 4.98 Å². The van der Waals surface area contributed by atoms with Gasteiger partial charge in [-0.05, 0) is 18.4 Å². The molecule has 80 valence electrons. The van der Waals surface area contributed by atoms with E-state index in [1.165, 1.54) is 12.8 Å². The number of nitrogens with zero attached hydrogens (tertiary/aromatic N) is 2. The average molecular weight is 205 g/mol. The Labute approximate surface area is 89.2 Å². The SMILES string of the molecule is COc1ccc(CC(N)=NC2CC2)cn1. The van der Waals surface area contributed by atoms with E-state index >= 15 is 0 Å². The predicted octanol–water partition coefficient (Wildman–Crippen LogP) is 1.15. The van der Waals surface area contributed by atoms with Crippen molar-refractivity contribution in [3.63, 3.8) is 0 Å². The average Bonchev–Trinajstić information content (AvgIpc) is 3.03. The Morgan fingerprint density at radius 2 is 2.40 bits per heavy atom. The third kappa shape index (κ3) is 2.94. The summed E-state index contributed by atoms with van der Waals surface area (Å²) in [5.41, 5.74) is 6.88. The van der Waals surface area contributed by atoms with E-state index in [1.54, 1.807) is 13.3 Å². The van der Waals surface area contributed by atoms with Gasteiger partial charge in [-0.3, -0.25) is 4.99 Å². The van der Waals surface area contributed by atoms with Crippen LogP contribution in [0.15, 0.2) is 23.3 Å². The Hall–Kier alpha value is -1.58. The molecule has 1 heterocycles. The Morgan fingerprint density at radius 3 is 2.93 bits per heavy atom. The molecule has 4 nitrogen and oxygen atoms in total. The van der Waals surface area contributed by atoms with E-state index in [0.717, 1.165) is 5.56 Å². The maximum atomic E-state index is 5.81. The lowest BCUT2D eigenvalue weighted by molar-refractivity contribution is 0.397. The van der Waals surface area contributed by atoms with Gasteiger partial charge in [-0.15, -0.1) is 0 Å². The van der Waals surface area contributed by atoms with Crippen molar-refractivity contribution in [2.24, 2.45) is 10.7 Å². The van der Waals surface area contributed by atoms with Crippen molar-refractivity contribution in [3.8, 4) is 5.88 Å². The molecule has 0 saturated heterocycles. The van der Waals surface area contributed by atoms with Gasteiger partial charge in [0.2, 0.25) is 5.88 Å². The number of nitrogens with two attached hydrogens (primary N) is 1. The van der Waals surface area contributed by atoms with Crippen LogP contribution in [0.4, 0.5) is 0 Å². The van der Waals surface area contributed by atoms with E-state index in [9.17, 15) is 0 Å². The van der Waals surface area contributed by atoms with Crippen LogP contribution in [0, 0.1) is 0 Å². The lowest BCUT2D eigenvalue weighted by Gasteiger charge is -2.02. The molecule has 1 aromatic rings. The fourth-order valence-corrected chi connectivity index (χ4v) is 1.33. The van der Waals surface area contributed by atoms with Crippen LogP contribution in [0.5, 0.6) is 5.88 Å². The third-order valence-electron chi connectivity index (χ3n) is 2.29. The van der Waals surface area contributed by atoms with Crippen LogP contribution < -0.4 is 10.5 Å². The first kappa shape index (κ1) is 9.96. The van der Waals surface area contributed by atoms with Crippen molar-refractivity contribution >= 4 is 5.84 Å². The van der Waals surface area contributed by atoms with Gasteiger partial charge in [0.05, 0.1) is 19.0 Å². The van der Waals surface area contributed by atoms with E-state index < -0.39 is 0 Å². The van der Waals surface area contributed by atoms with Gasteiger partial charge >= 0.3 is 0 Å². The van der Waals surface area contributed by atoms with Gasteiger partial charge in [0.25, 0.3) is 0 Å². The van der Waals surface area contributed by atoms with Crippen molar-refractivity contribution in [1.29, 1.82) is 0 Å². The molecule has 0 bridgehead atoms. The Bertz CT molecular complexity index is 355. The maximum Gasteiger partial charge on any atom is 0.212 e. The van der Waals surface area contributed by atoms with Gasteiger partial charge in [0.1, 0.15) is 0 Å². The number of rotatable bonds is 4. The number of hydrogen-bond acceptors (Lipinski definition) is 3. The summed E-state index contributed by atoms with van der Waals surface area (Å²) < 4.78 is 4.98. The molecule has 1 aliphatic carbocycles. The molecule has 2 rings (SSSR count). The van der Waals surface area contributed by atoms with Crippen LogP contribution in [0.2, 0.25) is 0 Å². The molecule has 1 saturated carbocycles. The topological polar surface area (TPSA) is 60.5 Å². The number of aromatic nitrogens is 1. The zero-order chi connectivity index (χ0) is 10.7. The van der Waals surface area contributed by atoms with Gasteiger partial charge in [-0.2, -0.15) is 0 Å². The fourth-order valence-electron chi connectivity index (χ4n) is 1.33. The number of ether oxygens (including phenoxy) is 1. The fraction of sp³-hybridized carbons (Fsp3) is 0.455. The van der Waals surface area contributed by atoms with E-state index in [0.29, 0.717) is 24.2 Å². The number of aliphatic imine (C=N–C) groups is 1. The summed E-state index contributed by atoms with van der Waals surface area (Å²) in [6.45, 7) is 0.